The Labute approximate surface area is 242 Å². The Bertz CT molecular complexity index is 2470. The quantitative estimate of drug-likeness (QED) is 0.209. The summed E-state index contributed by atoms with van der Waals surface area (Å²) in [4.78, 5) is 2.37. The number of anilines is 3. The molecule has 0 aliphatic rings. The lowest BCUT2D eigenvalue weighted by molar-refractivity contribution is 0.669. The molecule has 0 amide bonds. The average molecular weight is 536 g/mol. The third-order valence-electron chi connectivity index (χ3n) is 8.59. The second-order valence-corrected chi connectivity index (χ2v) is 10.9. The number of benzene rings is 8. The third-order valence-corrected chi connectivity index (χ3v) is 8.59. The first-order valence-corrected chi connectivity index (χ1v) is 14.4. The van der Waals surface area contributed by atoms with Gasteiger partial charge < -0.3 is 9.32 Å². The van der Waals surface area contributed by atoms with Crippen molar-refractivity contribution < 1.29 is 4.42 Å². The molecule has 1 aromatic heterocycles. The molecule has 8 aromatic carbocycles. The molecule has 9 rings (SSSR count). The van der Waals surface area contributed by atoms with Gasteiger partial charge in [-0.1, -0.05) is 121 Å². The lowest BCUT2D eigenvalue weighted by Gasteiger charge is -2.28. The van der Waals surface area contributed by atoms with Crippen molar-refractivity contribution >= 4 is 82.1 Å². The monoisotopic (exact) mass is 535 g/mol. The maximum absolute atomic E-state index is 6.59. The Balaban J connectivity index is 1.47. The van der Waals surface area contributed by atoms with Crippen LogP contribution in [0.1, 0.15) is 0 Å². The van der Waals surface area contributed by atoms with Gasteiger partial charge in [-0.2, -0.15) is 0 Å². The van der Waals surface area contributed by atoms with E-state index in [1.54, 1.807) is 0 Å². The van der Waals surface area contributed by atoms with Gasteiger partial charge in [-0.3, -0.25) is 0 Å². The van der Waals surface area contributed by atoms with Gasteiger partial charge in [0.05, 0.1) is 11.4 Å². The zero-order chi connectivity index (χ0) is 27.6. The standard InChI is InChI=1S/C40H25NO/c1-2-13-29(14-3-1)41(35-19-10-18-33-32-17-8-9-20-37(32)42-40(33)35)36-25-28-12-5-7-16-31(28)39-34(36)24-23-27-22-21-26-11-4-6-15-30(26)38(27)39/h1-25H. The minimum absolute atomic E-state index is 0.884. The van der Waals surface area contributed by atoms with E-state index in [-0.39, 0.29) is 0 Å². The molecule has 0 spiro atoms. The van der Waals surface area contributed by atoms with Gasteiger partial charge in [-0.05, 0) is 62.6 Å². The Morgan fingerprint density at radius 3 is 1.88 bits per heavy atom. The van der Waals surface area contributed by atoms with Crippen LogP contribution in [0.3, 0.4) is 0 Å². The fraction of sp³-hybridized carbons (Fsp3) is 0. The van der Waals surface area contributed by atoms with E-state index in [0.29, 0.717) is 0 Å². The van der Waals surface area contributed by atoms with Crippen molar-refractivity contribution in [2.24, 2.45) is 0 Å². The third kappa shape index (κ3) is 3.33. The van der Waals surface area contributed by atoms with Crippen LogP contribution in [0.4, 0.5) is 17.1 Å². The molecule has 0 bridgehead atoms. The Morgan fingerprint density at radius 1 is 0.381 bits per heavy atom. The molecule has 0 unspecified atom stereocenters. The fourth-order valence-corrected chi connectivity index (χ4v) is 6.74. The number of hydrogen-bond donors (Lipinski definition) is 0. The van der Waals surface area contributed by atoms with Crippen molar-refractivity contribution in [3.63, 3.8) is 0 Å². The van der Waals surface area contributed by atoms with Crippen LogP contribution in [0.15, 0.2) is 156 Å². The number of fused-ring (bicyclic) bond motifs is 10. The Morgan fingerprint density at radius 2 is 1.02 bits per heavy atom. The highest BCUT2D eigenvalue weighted by Gasteiger charge is 2.22. The molecule has 0 aliphatic heterocycles. The largest absolute Gasteiger partial charge is 0.454 e. The van der Waals surface area contributed by atoms with E-state index in [9.17, 15) is 0 Å². The van der Waals surface area contributed by atoms with Crippen LogP contribution in [-0.2, 0) is 0 Å². The maximum atomic E-state index is 6.59. The summed E-state index contributed by atoms with van der Waals surface area (Å²) in [5.41, 5.74) is 5.01. The van der Waals surface area contributed by atoms with E-state index < -0.39 is 0 Å². The molecule has 2 nitrogen and oxygen atoms in total. The lowest BCUT2D eigenvalue weighted by Crippen LogP contribution is -2.11. The molecule has 196 valence electrons. The molecule has 2 heteroatoms. The van der Waals surface area contributed by atoms with Crippen LogP contribution in [-0.4, -0.2) is 0 Å². The predicted octanol–water partition coefficient (Wildman–Crippen LogP) is 11.7. The molecule has 0 fully saturated rings. The van der Waals surface area contributed by atoms with Gasteiger partial charge in [0.25, 0.3) is 0 Å². The van der Waals surface area contributed by atoms with Crippen molar-refractivity contribution in [2.45, 2.75) is 0 Å². The highest BCUT2D eigenvalue weighted by atomic mass is 16.3. The maximum Gasteiger partial charge on any atom is 0.159 e. The fourth-order valence-electron chi connectivity index (χ4n) is 6.74. The molecule has 0 saturated carbocycles. The van der Waals surface area contributed by atoms with Crippen LogP contribution in [0.2, 0.25) is 0 Å². The molecule has 0 saturated heterocycles. The average Bonchev–Trinajstić information content (AvgIpc) is 3.44. The van der Waals surface area contributed by atoms with Crippen molar-refractivity contribution in [2.75, 3.05) is 4.90 Å². The molecular weight excluding hydrogens is 510 g/mol. The minimum Gasteiger partial charge on any atom is -0.454 e. The van der Waals surface area contributed by atoms with E-state index in [1.807, 2.05) is 6.07 Å². The molecular formula is C40H25NO. The van der Waals surface area contributed by atoms with E-state index in [4.69, 9.17) is 4.42 Å². The SMILES string of the molecule is c1ccc(N(c2cc3ccccc3c3c2ccc2ccc4ccccc4c23)c2cccc3c2oc2ccccc23)cc1. The normalized spacial score (nSPS) is 11.8. The molecule has 0 radical (unpaired) electrons. The minimum atomic E-state index is 0.884. The molecule has 1 heterocycles. The molecule has 9 aromatic rings. The smallest absolute Gasteiger partial charge is 0.159 e. The van der Waals surface area contributed by atoms with Gasteiger partial charge in [-0.15, -0.1) is 0 Å². The van der Waals surface area contributed by atoms with Crippen molar-refractivity contribution in [1.29, 1.82) is 0 Å². The van der Waals surface area contributed by atoms with Crippen LogP contribution in [0, 0.1) is 0 Å². The van der Waals surface area contributed by atoms with Crippen molar-refractivity contribution in [3.05, 3.63) is 152 Å². The zero-order valence-electron chi connectivity index (χ0n) is 22.8. The Kier molecular flexibility index (Phi) is 4.93. The first kappa shape index (κ1) is 23.1. The van der Waals surface area contributed by atoms with Gasteiger partial charge in [0.15, 0.2) is 5.58 Å². The van der Waals surface area contributed by atoms with E-state index in [1.165, 1.54) is 43.1 Å². The van der Waals surface area contributed by atoms with Gasteiger partial charge in [0.2, 0.25) is 0 Å². The van der Waals surface area contributed by atoms with Gasteiger partial charge in [0, 0.05) is 27.2 Å². The number of nitrogens with zero attached hydrogens (tertiary/aromatic N) is 1. The second kappa shape index (κ2) is 8.95. The van der Waals surface area contributed by atoms with Gasteiger partial charge >= 0.3 is 0 Å². The topological polar surface area (TPSA) is 16.4 Å². The first-order chi connectivity index (χ1) is 20.8. The summed E-state index contributed by atoms with van der Waals surface area (Å²) >= 11 is 0. The van der Waals surface area contributed by atoms with E-state index >= 15 is 0 Å². The lowest BCUT2D eigenvalue weighted by atomic mass is 9.91. The highest BCUT2D eigenvalue weighted by molar-refractivity contribution is 6.30. The van der Waals surface area contributed by atoms with E-state index in [2.05, 4.69) is 150 Å². The molecule has 42 heavy (non-hydrogen) atoms. The van der Waals surface area contributed by atoms with Crippen molar-refractivity contribution in [1.82, 2.24) is 0 Å². The summed E-state index contributed by atoms with van der Waals surface area (Å²) in [6.07, 6.45) is 0. The first-order valence-electron chi connectivity index (χ1n) is 14.4. The second-order valence-electron chi connectivity index (χ2n) is 10.9. The zero-order valence-corrected chi connectivity index (χ0v) is 22.8. The number of furan rings is 1. The van der Waals surface area contributed by atoms with Crippen LogP contribution in [0.5, 0.6) is 0 Å². The summed E-state index contributed by atoms with van der Waals surface area (Å²) in [5, 5.41) is 12.2. The molecule has 0 N–H and O–H groups in total. The Hall–Kier alpha value is -5.60. The number of para-hydroxylation sites is 3. The van der Waals surface area contributed by atoms with Gasteiger partial charge in [-0.25, -0.2) is 0 Å². The summed E-state index contributed by atoms with van der Waals surface area (Å²) in [7, 11) is 0. The van der Waals surface area contributed by atoms with Gasteiger partial charge in [0.1, 0.15) is 5.58 Å². The molecule has 0 aliphatic carbocycles. The predicted molar refractivity (Wildman–Crippen MR) is 178 cm³/mol. The number of rotatable bonds is 3. The molecule has 0 atom stereocenters. The van der Waals surface area contributed by atoms with E-state index in [0.717, 1.165) is 39.0 Å². The summed E-state index contributed by atoms with van der Waals surface area (Å²) in [6.45, 7) is 0. The number of hydrogen-bond acceptors (Lipinski definition) is 2. The van der Waals surface area contributed by atoms with Crippen LogP contribution in [0.25, 0.3) is 65.0 Å². The summed E-state index contributed by atoms with van der Waals surface area (Å²) in [5.74, 6) is 0. The highest BCUT2D eigenvalue weighted by Crippen LogP contribution is 2.47. The summed E-state index contributed by atoms with van der Waals surface area (Å²) < 4.78 is 6.59. The van der Waals surface area contributed by atoms with Crippen LogP contribution >= 0.6 is 0 Å². The van der Waals surface area contributed by atoms with Crippen molar-refractivity contribution in [3.8, 4) is 0 Å². The summed E-state index contributed by atoms with van der Waals surface area (Å²) in [6, 6.07) is 54.3. The van der Waals surface area contributed by atoms with Crippen LogP contribution < -0.4 is 4.90 Å².